The standard InChI is InChI=1S/C12H23N2O/c1-9(2)13-11-4-6-12(7-5-11)14-10(3)8-15/h9-14H,4-7H2,1-3H3/t10-,11?,12?/m0/s1. The van der Waals surface area contributed by atoms with Crippen molar-refractivity contribution in [3.8, 4) is 0 Å². The first-order chi connectivity index (χ1) is 7.11. The molecule has 1 fully saturated rings. The minimum atomic E-state index is -0.121. The molecule has 2 N–H and O–H groups in total. The summed E-state index contributed by atoms with van der Waals surface area (Å²) in [7, 11) is 0. The third-order valence-electron chi connectivity index (χ3n) is 2.96. The van der Waals surface area contributed by atoms with Crippen molar-refractivity contribution < 1.29 is 4.79 Å². The van der Waals surface area contributed by atoms with Gasteiger partial charge in [-0.05, 0) is 32.6 Å². The minimum absolute atomic E-state index is 0.121. The first-order valence-electron chi connectivity index (χ1n) is 6.01. The van der Waals surface area contributed by atoms with Crippen LogP contribution in [0, 0.1) is 0 Å². The van der Waals surface area contributed by atoms with E-state index in [1.165, 1.54) is 12.8 Å². The Bertz CT molecular complexity index is 186. The average molecular weight is 211 g/mol. The summed E-state index contributed by atoms with van der Waals surface area (Å²) in [5, 5.41) is 6.86. The average Bonchev–Trinajstić information content (AvgIpc) is 2.20. The van der Waals surface area contributed by atoms with Crippen molar-refractivity contribution in [2.45, 2.75) is 70.6 Å². The highest BCUT2D eigenvalue weighted by molar-refractivity contribution is 5.57. The third-order valence-corrected chi connectivity index (χ3v) is 2.96. The van der Waals surface area contributed by atoms with Crippen LogP contribution in [0.4, 0.5) is 0 Å². The lowest BCUT2D eigenvalue weighted by Gasteiger charge is -2.31. The van der Waals surface area contributed by atoms with Crippen LogP contribution in [0.2, 0.25) is 0 Å². The van der Waals surface area contributed by atoms with Crippen LogP contribution in [0.1, 0.15) is 46.5 Å². The van der Waals surface area contributed by atoms with Gasteiger partial charge in [-0.2, -0.15) is 0 Å². The third kappa shape index (κ3) is 4.76. The van der Waals surface area contributed by atoms with Gasteiger partial charge in [-0.1, -0.05) is 13.8 Å². The Balaban J connectivity index is 2.20. The Morgan fingerprint density at radius 2 is 1.47 bits per heavy atom. The molecule has 1 aliphatic rings. The molecule has 0 spiro atoms. The second kappa shape index (κ2) is 6.23. The van der Waals surface area contributed by atoms with Crippen molar-refractivity contribution in [2.24, 2.45) is 0 Å². The summed E-state index contributed by atoms with van der Waals surface area (Å²) in [5.41, 5.74) is 0. The van der Waals surface area contributed by atoms with Crippen molar-refractivity contribution >= 4 is 6.29 Å². The zero-order valence-electron chi connectivity index (χ0n) is 10.0. The van der Waals surface area contributed by atoms with Crippen molar-refractivity contribution in [2.75, 3.05) is 0 Å². The highest BCUT2D eigenvalue weighted by Crippen LogP contribution is 2.19. The van der Waals surface area contributed by atoms with E-state index in [1.807, 2.05) is 13.2 Å². The van der Waals surface area contributed by atoms with Crippen molar-refractivity contribution in [1.82, 2.24) is 10.6 Å². The fourth-order valence-corrected chi connectivity index (χ4v) is 2.29. The molecular formula is C12H23N2O. The Hall–Kier alpha value is -0.410. The van der Waals surface area contributed by atoms with Crippen molar-refractivity contribution in [1.29, 1.82) is 0 Å². The quantitative estimate of drug-likeness (QED) is 0.722. The Morgan fingerprint density at radius 3 is 1.87 bits per heavy atom. The van der Waals surface area contributed by atoms with Crippen LogP contribution in [0.15, 0.2) is 0 Å². The number of nitrogens with one attached hydrogen (secondary N) is 2. The van der Waals surface area contributed by atoms with Gasteiger partial charge >= 0.3 is 0 Å². The molecule has 0 unspecified atom stereocenters. The van der Waals surface area contributed by atoms with Gasteiger partial charge in [0.05, 0.1) is 6.04 Å². The van der Waals surface area contributed by atoms with E-state index in [0.29, 0.717) is 18.1 Å². The van der Waals surface area contributed by atoms with E-state index >= 15 is 0 Å². The summed E-state index contributed by atoms with van der Waals surface area (Å²) in [6, 6.07) is 1.62. The molecule has 3 heteroatoms. The van der Waals surface area contributed by atoms with Gasteiger partial charge in [0.25, 0.3) is 0 Å². The SMILES string of the molecule is CC(C)NC1CCC(N[C@@H](C)[C]=O)CC1. The Kier molecular flexibility index (Phi) is 5.26. The summed E-state index contributed by atoms with van der Waals surface area (Å²) in [4.78, 5) is 10.4. The molecule has 0 aromatic heterocycles. The van der Waals surface area contributed by atoms with Crippen LogP contribution < -0.4 is 10.6 Å². The second-order valence-electron chi connectivity index (χ2n) is 4.88. The molecule has 87 valence electrons. The van der Waals surface area contributed by atoms with Crippen LogP contribution in [0.25, 0.3) is 0 Å². The molecule has 1 atom stereocenters. The highest BCUT2D eigenvalue weighted by atomic mass is 16.1. The normalized spacial score (nSPS) is 29.1. The first kappa shape index (κ1) is 12.7. The molecule has 0 saturated heterocycles. The van der Waals surface area contributed by atoms with E-state index in [0.717, 1.165) is 12.8 Å². The number of hydrogen-bond donors (Lipinski definition) is 2. The molecule has 0 bridgehead atoms. The van der Waals surface area contributed by atoms with Gasteiger partial charge in [-0.15, -0.1) is 0 Å². The monoisotopic (exact) mass is 211 g/mol. The van der Waals surface area contributed by atoms with Crippen LogP contribution in [-0.2, 0) is 4.79 Å². The predicted octanol–water partition coefficient (Wildman–Crippen LogP) is 1.38. The predicted molar refractivity (Wildman–Crippen MR) is 62.6 cm³/mol. The van der Waals surface area contributed by atoms with E-state index in [2.05, 4.69) is 24.5 Å². The van der Waals surface area contributed by atoms with Crippen molar-refractivity contribution in [3.05, 3.63) is 0 Å². The van der Waals surface area contributed by atoms with E-state index in [9.17, 15) is 4.79 Å². The lowest BCUT2D eigenvalue weighted by molar-refractivity contribution is 0.291. The van der Waals surface area contributed by atoms with E-state index in [-0.39, 0.29) is 6.04 Å². The van der Waals surface area contributed by atoms with E-state index in [1.54, 1.807) is 0 Å². The summed E-state index contributed by atoms with van der Waals surface area (Å²) < 4.78 is 0. The smallest absolute Gasteiger partial charge is 0.216 e. The van der Waals surface area contributed by atoms with Crippen LogP contribution in [0.3, 0.4) is 0 Å². The molecule has 0 aromatic rings. The number of carbonyl (C=O) groups excluding carboxylic acids is 1. The fourth-order valence-electron chi connectivity index (χ4n) is 2.29. The fraction of sp³-hybridized carbons (Fsp3) is 0.917. The molecule has 1 rings (SSSR count). The Labute approximate surface area is 93.0 Å². The first-order valence-corrected chi connectivity index (χ1v) is 6.01. The topological polar surface area (TPSA) is 41.1 Å². The van der Waals surface area contributed by atoms with Gasteiger partial charge in [0.1, 0.15) is 0 Å². The van der Waals surface area contributed by atoms with Crippen LogP contribution in [-0.4, -0.2) is 30.5 Å². The molecule has 0 heterocycles. The van der Waals surface area contributed by atoms with Gasteiger partial charge in [0.2, 0.25) is 6.29 Å². The zero-order valence-corrected chi connectivity index (χ0v) is 10.0. The largest absolute Gasteiger partial charge is 0.312 e. The lowest BCUT2D eigenvalue weighted by Crippen LogP contribution is -2.44. The maximum Gasteiger partial charge on any atom is 0.216 e. The summed E-state index contributed by atoms with van der Waals surface area (Å²) in [6.45, 7) is 6.24. The minimum Gasteiger partial charge on any atom is -0.312 e. The molecule has 1 saturated carbocycles. The molecule has 3 nitrogen and oxygen atoms in total. The summed E-state index contributed by atoms with van der Waals surface area (Å²) in [6.07, 6.45) is 6.72. The zero-order chi connectivity index (χ0) is 11.3. The van der Waals surface area contributed by atoms with Crippen LogP contribution >= 0.6 is 0 Å². The summed E-state index contributed by atoms with van der Waals surface area (Å²) >= 11 is 0. The molecule has 0 aromatic carbocycles. The highest BCUT2D eigenvalue weighted by Gasteiger charge is 2.22. The molecular weight excluding hydrogens is 188 g/mol. The lowest BCUT2D eigenvalue weighted by atomic mass is 9.90. The van der Waals surface area contributed by atoms with Gasteiger partial charge in [0.15, 0.2) is 0 Å². The second-order valence-corrected chi connectivity index (χ2v) is 4.88. The van der Waals surface area contributed by atoms with Gasteiger partial charge < -0.3 is 10.6 Å². The van der Waals surface area contributed by atoms with E-state index in [4.69, 9.17) is 0 Å². The number of rotatable bonds is 5. The molecule has 0 aliphatic heterocycles. The summed E-state index contributed by atoms with van der Waals surface area (Å²) in [5.74, 6) is 0. The molecule has 15 heavy (non-hydrogen) atoms. The van der Waals surface area contributed by atoms with E-state index < -0.39 is 0 Å². The Morgan fingerprint density at radius 1 is 1.00 bits per heavy atom. The molecule has 1 aliphatic carbocycles. The van der Waals surface area contributed by atoms with Gasteiger partial charge in [-0.3, -0.25) is 4.79 Å². The van der Waals surface area contributed by atoms with Crippen LogP contribution in [0.5, 0.6) is 0 Å². The van der Waals surface area contributed by atoms with Gasteiger partial charge in [-0.25, -0.2) is 0 Å². The molecule has 0 amide bonds. The maximum atomic E-state index is 10.4. The molecule has 1 radical (unpaired) electrons. The van der Waals surface area contributed by atoms with Crippen molar-refractivity contribution in [3.63, 3.8) is 0 Å². The number of hydrogen-bond acceptors (Lipinski definition) is 3. The van der Waals surface area contributed by atoms with Gasteiger partial charge in [0, 0.05) is 18.1 Å². The maximum absolute atomic E-state index is 10.4.